The van der Waals surface area contributed by atoms with E-state index in [1.54, 1.807) is 0 Å². The highest BCUT2D eigenvalue weighted by Gasteiger charge is 2.19. The number of fused-ring (bicyclic) bond motifs is 2. The number of rotatable bonds is 0. The van der Waals surface area contributed by atoms with Crippen molar-refractivity contribution in [1.82, 2.24) is 23.4 Å². The van der Waals surface area contributed by atoms with Crippen LogP contribution in [0.4, 0.5) is 5.82 Å². The molecule has 1 aliphatic rings. The lowest BCUT2D eigenvalue weighted by atomic mass is 10.6. The third-order valence-electron chi connectivity index (χ3n) is 1.31. The van der Waals surface area contributed by atoms with Crippen molar-refractivity contribution in [3.8, 4) is 0 Å². The topological polar surface area (TPSA) is 65.7 Å². The lowest BCUT2D eigenvalue weighted by molar-refractivity contribution is 1.07. The second kappa shape index (κ2) is 2.44. The van der Waals surface area contributed by atoms with E-state index in [1.807, 2.05) is 0 Å². The van der Waals surface area contributed by atoms with Gasteiger partial charge in [-0.2, -0.15) is 13.5 Å². The van der Waals surface area contributed by atoms with E-state index in [0.717, 1.165) is 16.8 Å². The molecule has 0 atom stereocenters. The van der Waals surface area contributed by atoms with Gasteiger partial charge in [0.15, 0.2) is 10.8 Å². The van der Waals surface area contributed by atoms with Crippen molar-refractivity contribution in [2.24, 2.45) is 0 Å². The van der Waals surface area contributed by atoms with Gasteiger partial charge in [-0.3, -0.25) is 0 Å². The average Bonchev–Trinajstić information content (AvgIpc) is 2.64. The second-order valence-electron chi connectivity index (χ2n) is 2.01. The van der Waals surface area contributed by atoms with Crippen molar-refractivity contribution >= 4 is 50.6 Å². The summed E-state index contributed by atoms with van der Waals surface area (Å²) in [6, 6.07) is 0. The van der Waals surface area contributed by atoms with Gasteiger partial charge in [0, 0.05) is 0 Å². The Morgan fingerprint density at radius 3 is 2.75 bits per heavy atom. The number of nitrogens with zero attached hydrogens (tertiary/aromatic N) is 5. The Morgan fingerprint density at radius 1 is 1.00 bits per heavy atom. The Morgan fingerprint density at radius 2 is 1.83 bits per heavy atom. The first-order valence-electron chi connectivity index (χ1n) is 2.98. The molecule has 0 spiro atoms. The van der Waals surface area contributed by atoms with E-state index in [0.29, 0.717) is 17.1 Å². The largest absolute Gasteiger partial charge is 0.214 e. The van der Waals surface area contributed by atoms with Gasteiger partial charge in [-0.1, -0.05) is 0 Å². The normalized spacial score (nSPS) is 14.7. The van der Waals surface area contributed by atoms with Crippen LogP contribution < -0.4 is 4.72 Å². The smallest absolute Gasteiger partial charge is 0.213 e. The maximum atomic E-state index is 4.24. The molecule has 12 heavy (non-hydrogen) atoms. The zero-order valence-corrected chi connectivity index (χ0v) is 7.91. The van der Waals surface area contributed by atoms with E-state index in [2.05, 4.69) is 23.4 Å². The molecule has 59 valence electrons. The molecule has 0 bridgehead atoms. The number of aromatic nitrogens is 4. The first-order valence-corrected chi connectivity index (χ1v) is 5.82. The predicted molar refractivity (Wildman–Crippen MR) is 48.2 cm³/mol. The first kappa shape index (κ1) is 6.87. The summed E-state index contributed by atoms with van der Waals surface area (Å²) in [6.07, 6.45) is 0. The standard InChI is InChI=1S/C4N5S3/c5-1-2(8-11-7-1)6-4-3(5)9-12-10-4. The van der Waals surface area contributed by atoms with Crippen LogP contribution in [0.15, 0.2) is 5.03 Å². The highest BCUT2D eigenvalue weighted by molar-refractivity contribution is 8.76. The van der Waals surface area contributed by atoms with E-state index in [4.69, 9.17) is 0 Å². The predicted octanol–water partition coefficient (Wildman–Crippen LogP) is 1.39. The third-order valence-corrected chi connectivity index (χ3v) is 3.49. The van der Waals surface area contributed by atoms with Gasteiger partial charge in [-0.05, 0) is 10.8 Å². The van der Waals surface area contributed by atoms with Crippen molar-refractivity contribution in [3.05, 3.63) is 0 Å². The van der Waals surface area contributed by atoms with Gasteiger partial charge < -0.3 is 0 Å². The maximum absolute atomic E-state index is 4.24. The molecular formula is C4N5S3. The van der Waals surface area contributed by atoms with Crippen molar-refractivity contribution in [2.75, 3.05) is 0 Å². The number of hydrogen-bond donors (Lipinski definition) is 0. The summed E-state index contributed by atoms with van der Waals surface area (Å²) in [7, 11) is 2.88. The van der Waals surface area contributed by atoms with Gasteiger partial charge >= 0.3 is 0 Å². The van der Waals surface area contributed by atoms with Crippen molar-refractivity contribution in [3.63, 3.8) is 0 Å². The van der Waals surface area contributed by atoms with Crippen molar-refractivity contribution in [1.29, 1.82) is 0 Å². The fraction of sp³-hybridized carbons (Fsp3) is 0. The zero-order chi connectivity index (χ0) is 7.97. The molecule has 0 saturated heterocycles. The minimum Gasteiger partial charge on any atom is -0.213 e. The summed E-state index contributed by atoms with van der Waals surface area (Å²) in [5, 5.41) is 0.834. The molecule has 0 unspecified atom stereocenters. The summed E-state index contributed by atoms with van der Waals surface area (Å²) in [6.45, 7) is 0. The van der Waals surface area contributed by atoms with Gasteiger partial charge in [0.1, 0.15) is 0 Å². The van der Waals surface area contributed by atoms with Gasteiger partial charge in [0.2, 0.25) is 11.3 Å². The summed E-state index contributed by atoms with van der Waals surface area (Å²) in [5.41, 5.74) is 1.20. The molecule has 0 amide bonds. The van der Waals surface area contributed by atoms with Crippen molar-refractivity contribution < 1.29 is 0 Å². The quantitative estimate of drug-likeness (QED) is 0.487. The van der Waals surface area contributed by atoms with Crippen LogP contribution in [-0.4, -0.2) is 18.7 Å². The molecule has 3 heterocycles. The molecule has 2 aromatic rings. The monoisotopic (exact) mass is 214 g/mol. The van der Waals surface area contributed by atoms with Gasteiger partial charge in [0.25, 0.3) is 0 Å². The van der Waals surface area contributed by atoms with E-state index in [-0.39, 0.29) is 0 Å². The van der Waals surface area contributed by atoms with Crippen LogP contribution in [0.5, 0.6) is 0 Å². The highest BCUT2D eigenvalue weighted by Crippen LogP contribution is 2.42. The summed E-state index contributed by atoms with van der Waals surface area (Å²) in [4.78, 5) is 8.42. The SMILES string of the molecule is [N]1SSc2nc3nsnc3nc21. The molecule has 5 nitrogen and oxygen atoms in total. The van der Waals surface area contributed by atoms with Crippen LogP contribution in [-0.2, 0) is 0 Å². The van der Waals surface area contributed by atoms with E-state index in [9.17, 15) is 0 Å². The lowest BCUT2D eigenvalue weighted by Crippen LogP contribution is -1.88. The van der Waals surface area contributed by atoms with Crippen LogP contribution in [0.2, 0.25) is 0 Å². The summed E-state index contributed by atoms with van der Waals surface area (Å²) in [5.74, 6) is 0.671. The molecule has 0 aliphatic carbocycles. The molecule has 0 fully saturated rings. The maximum Gasteiger partial charge on any atom is 0.214 e. The molecule has 2 aromatic heterocycles. The van der Waals surface area contributed by atoms with Gasteiger partial charge in [-0.25, -0.2) is 9.97 Å². The van der Waals surface area contributed by atoms with Crippen LogP contribution in [0.3, 0.4) is 0 Å². The zero-order valence-electron chi connectivity index (χ0n) is 5.46. The fourth-order valence-electron chi connectivity index (χ4n) is 0.819. The minimum absolute atomic E-state index is 0.589. The van der Waals surface area contributed by atoms with Crippen LogP contribution >= 0.6 is 33.5 Å². The second-order valence-corrected chi connectivity index (χ2v) is 4.37. The fourth-order valence-corrected chi connectivity index (χ4v) is 2.78. The molecule has 0 N–H and O–H groups in total. The molecule has 1 radical (unpaired) electrons. The van der Waals surface area contributed by atoms with Crippen LogP contribution in [0, 0.1) is 0 Å². The molecular weight excluding hydrogens is 214 g/mol. The Kier molecular flexibility index (Phi) is 1.40. The Bertz CT molecular complexity index is 401. The van der Waals surface area contributed by atoms with E-state index in [1.165, 1.54) is 21.8 Å². The van der Waals surface area contributed by atoms with Crippen LogP contribution in [0.25, 0.3) is 11.3 Å². The molecule has 8 heteroatoms. The summed E-state index contributed by atoms with van der Waals surface area (Å²) >= 11 is 1.12. The van der Waals surface area contributed by atoms with Crippen molar-refractivity contribution in [2.45, 2.75) is 5.03 Å². The lowest BCUT2D eigenvalue weighted by Gasteiger charge is -1.89. The Labute approximate surface area is 79.2 Å². The molecule has 1 aliphatic heterocycles. The first-order chi connectivity index (χ1) is 5.93. The van der Waals surface area contributed by atoms with E-state index >= 15 is 0 Å². The molecule has 0 aromatic carbocycles. The third kappa shape index (κ3) is 0.883. The highest BCUT2D eigenvalue weighted by atomic mass is 33.1. The molecule has 0 saturated carbocycles. The van der Waals surface area contributed by atoms with Crippen LogP contribution in [0.1, 0.15) is 0 Å². The minimum atomic E-state index is 0.589. The average molecular weight is 214 g/mol. The summed E-state index contributed by atoms with van der Waals surface area (Å²) < 4.78 is 12.0. The van der Waals surface area contributed by atoms with Gasteiger partial charge in [0.05, 0.1) is 22.7 Å². The number of hydrogen-bond acceptors (Lipinski definition) is 7. The Hall–Kier alpha value is -0.600. The van der Waals surface area contributed by atoms with Gasteiger partial charge in [-0.15, -0.1) is 0 Å². The van der Waals surface area contributed by atoms with E-state index < -0.39 is 0 Å². The Balaban J connectivity index is 2.38. The molecule has 3 rings (SSSR count).